The fourth-order valence-electron chi connectivity index (χ4n) is 2.49. The first-order chi connectivity index (χ1) is 9.08. The SMILES string of the molecule is CCCC[C@@H](CC)CC[C@H](C)OC(=O)C(CC)CC. The standard InChI is InChI=1S/C17H34O2/c1-6-10-11-15(7-2)13-12-14(5)19-17(18)16(8-3)9-4/h14-16H,6-13H2,1-5H3/t14-,15+/m0/s1. The molecule has 0 saturated heterocycles. The number of hydrogen-bond donors (Lipinski definition) is 0. The molecule has 0 saturated carbocycles. The summed E-state index contributed by atoms with van der Waals surface area (Å²) < 4.78 is 5.55. The van der Waals surface area contributed by atoms with Crippen LogP contribution in [0.2, 0.25) is 0 Å². The smallest absolute Gasteiger partial charge is 0.309 e. The van der Waals surface area contributed by atoms with Crippen LogP contribution in [0.3, 0.4) is 0 Å². The summed E-state index contributed by atoms with van der Waals surface area (Å²) in [5, 5.41) is 0. The molecule has 0 heterocycles. The molecule has 0 bridgehead atoms. The maximum atomic E-state index is 11.9. The lowest BCUT2D eigenvalue weighted by Gasteiger charge is -2.20. The number of unbranched alkanes of at least 4 members (excludes halogenated alkanes) is 1. The molecule has 2 atom stereocenters. The Bertz CT molecular complexity index is 221. The van der Waals surface area contributed by atoms with Crippen molar-refractivity contribution in [3.63, 3.8) is 0 Å². The van der Waals surface area contributed by atoms with Crippen LogP contribution in [0.5, 0.6) is 0 Å². The highest BCUT2D eigenvalue weighted by molar-refractivity contribution is 5.72. The Balaban J connectivity index is 3.95. The van der Waals surface area contributed by atoms with E-state index in [1.807, 2.05) is 6.92 Å². The maximum Gasteiger partial charge on any atom is 0.309 e. The number of ether oxygens (including phenoxy) is 1. The molecule has 0 unspecified atom stereocenters. The minimum Gasteiger partial charge on any atom is -0.462 e. The molecule has 0 aliphatic heterocycles. The molecule has 0 aliphatic rings. The monoisotopic (exact) mass is 270 g/mol. The van der Waals surface area contributed by atoms with E-state index in [2.05, 4.69) is 27.7 Å². The van der Waals surface area contributed by atoms with Gasteiger partial charge in [0, 0.05) is 0 Å². The van der Waals surface area contributed by atoms with Gasteiger partial charge >= 0.3 is 5.97 Å². The minimum absolute atomic E-state index is 0.000827. The van der Waals surface area contributed by atoms with E-state index in [9.17, 15) is 4.79 Å². The Morgan fingerprint density at radius 3 is 2.05 bits per heavy atom. The fraction of sp³-hybridized carbons (Fsp3) is 0.941. The molecule has 0 spiro atoms. The Morgan fingerprint density at radius 2 is 1.58 bits per heavy atom. The van der Waals surface area contributed by atoms with Gasteiger partial charge in [-0.3, -0.25) is 4.79 Å². The van der Waals surface area contributed by atoms with Crippen molar-refractivity contribution in [2.24, 2.45) is 11.8 Å². The van der Waals surface area contributed by atoms with Gasteiger partial charge in [0.05, 0.1) is 12.0 Å². The van der Waals surface area contributed by atoms with Gasteiger partial charge in [0.25, 0.3) is 0 Å². The van der Waals surface area contributed by atoms with Gasteiger partial charge in [-0.2, -0.15) is 0 Å². The van der Waals surface area contributed by atoms with Crippen molar-refractivity contribution in [3.05, 3.63) is 0 Å². The summed E-state index contributed by atoms with van der Waals surface area (Å²) >= 11 is 0. The Labute approximate surface area is 120 Å². The van der Waals surface area contributed by atoms with E-state index in [0.717, 1.165) is 25.2 Å². The molecule has 0 radical (unpaired) electrons. The third-order valence-electron chi connectivity index (χ3n) is 4.16. The van der Waals surface area contributed by atoms with Crippen LogP contribution in [0.25, 0.3) is 0 Å². The van der Waals surface area contributed by atoms with Gasteiger partial charge in [0.15, 0.2) is 0 Å². The summed E-state index contributed by atoms with van der Waals surface area (Å²) in [5.74, 6) is 0.887. The van der Waals surface area contributed by atoms with Crippen LogP contribution < -0.4 is 0 Å². The van der Waals surface area contributed by atoms with Crippen LogP contribution >= 0.6 is 0 Å². The molecule has 2 heteroatoms. The van der Waals surface area contributed by atoms with Crippen LogP contribution in [0, 0.1) is 11.8 Å². The summed E-state index contributed by atoms with van der Waals surface area (Å²) in [4.78, 5) is 11.9. The first-order valence-corrected chi connectivity index (χ1v) is 8.29. The molecule has 114 valence electrons. The summed E-state index contributed by atoms with van der Waals surface area (Å²) in [7, 11) is 0. The first-order valence-electron chi connectivity index (χ1n) is 8.29. The minimum atomic E-state index is -0.000827. The molecule has 0 amide bonds. The van der Waals surface area contributed by atoms with Gasteiger partial charge < -0.3 is 4.74 Å². The normalized spacial score (nSPS) is 14.4. The predicted molar refractivity (Wildman–Crippen MR) is 82.2 cm³/mol. The Kier molecular flexibility index (Phi) is 11.0. The number of rotatable bonds is 11. The molecule has 0 aromatic heterocycles. The van der Waals surface area contributed by atoms with E-state index in [1.54, 1.807) is 0 Å². The average Bonchev–Trinajstić information content (AvgIpc) is 2.40. The van der Waals surface area contributed by atoms with Gasteiger partial charge in [-0.05, 0) is 38.5 Å². The second-order valence-electron chi connectivity index (χ2n) is 5.75. The molecule has 0 aromatic rings. The highest BCUT2D eigenvalue weighted by Crippen LogP contribution is 2.21. The molecule has 0 rings (SSSR count). The van der Waals surface area contributed by atoms with Crippen molar-refractivity contribution in [1.82, 2.24) is 0 Å². The van der Waals surface area contributed by atoms with E-state index in [1.165, 1.54) is 32.1 Å². The molecule has 0 aromatic carbocycles. The topological polar surface area (TPSA) is 26.3 Å². The zero-order valence-electron chi connectivity index (χ0n) is 13.7. The van der Waals surface area contributed by atoms with E-state index in [4.69, 9.17) is 4.74 Å². The zero-order valence-corrected chi connectivity index (χ0v) is 13.7. The van der Waals surface area contributed by atoms with Gasteiger partial charge in [-0.15, -0.1) is 0 Å². The number of carbonyl (C=O) groups excluding carboxylic acids is 1. The summed E-state index contributed by atoms with van der Waals surface area (Å²) in [6.45, 7) is 10.6. The lowest BCUT2D eigenvalue weighted by atomic mass is 9.93. The number of hydrogen-bond acceptors (Lipinski definition) is 2. The van der Waals surface area contributed by atoms with Crippen LogP contribution in [-0.2, 0) is 9.53 Å². The lowest BCUT2D eigenvalue weighted by molar-refractivity contribution is -0.153. The number of carbonyl (C=O) groups is 1. The van der Waals surface area contributed by atoms with Crippen LogP contribution in [0.15, 0.2) is 0 Å². The van der Waals surface area contributed by atoms with Gasteiger partial charge in [-0.25, -0.2) is 0 Å². The van der Waals surface area contributed by atoms with Crippen LogP contribution in [0.4, 0.5) is 0 Å². The summed E-state index contributed by atoms with van der Waals surface area (Å²) in [6.07, 6.45) is 9.20. The van der Waals surface area contributed by atoms with E-state index in [-0.39, 0.29) is 18.0 Å². The largest absolute Gasteiger partial charge is 0.462 e. The molecular weight excluding hydrogens is 236 g/mol. The first kappa shape index (κ1) is 18.5. The van der Waals surface area contributed by atoms with E-state index in [0.29, 0.717) is 0 Å². The maximum absolute atomic E-state index is 11.9. The third-order valence-corrected chi connectivity index (χ3v) is 4.16. The van der Waals surface area contributed by atoms with E-state index >= 15 is 0 Å². The van der Waals surface area contributed by atoms with Crippen molar-refractivity contribution in [1.29, 1.82) is 0 Å². The Hall–Kier alpha value is -0.530. The van der Waals surface area contributed by atoms with Crippen molar-refractivity contribution < 1.29 is 9.53 Å². The molecule has 19 heavy (non-hydrogen) atoms. The van der Waals surface area contributed by atoms with E-state index < -0.39 is 0 Å². The highest BCUT2D eigenvalue weighted by atomic mass is 16.5. The van der Waals surface area contributed by atoms with Crippen molar-refractivity contribution in [3.8, 4) is 0 Å². The Morgan fingerprint density at radius 1 is 0.947 bits per heavy atom. The quantitative estimate of drug-likeness (QED) is 0.473. The van der Waals surface area contributed by atoms with Gasteiger partial charge in [0.1, 0.15) is 0 Å². The lowest BCUT2D eigenvalue weighted by Crippen LogP contribution is -2.22. The number of esters is 1. The van der Waals surface area contributed by atoms with Crippen LogP contribution in [-0.4, -0.2) is 12.1 Å². The summed E-state index contributed by atoms with van der Waals surface area (Å²) in [5.41, 5.74) is 0. The van der Waals surface area contributed by atoms with Crippen molar-refractivity contribution in [2.45, 2.75) is 92.1 Å². The molecule has 2 nitrogen and oxygen atoms in total. The van der Waals surface area contributed by atoms with Gasteiger partial charge in [0.2, 0.25) is 0 Å². The average molecular weight is 270 g/mol. The second kappa shape index (κ2) is 11.3. The second-order valence-corrected chi connectivity index (χ2v) is 5.75. The third kappa shape index (κ3) is 8.28. The zero-order chi connectivity index (χ0) is 14.7. The molecule has 0 N–H and O–H groups in total. The van der Waals surface area contributed by atoms with Crippen LogP contribution in [0.1, 0.15) is 86.0 Å². The van der Waals surface area contributed by atoms with Crippen molar-refractivity contribution >= 4 is 5.97 Å². The van der Waals surface area contributed by atoms with Gasteiger partial charge in [-0.1, -0.05) is 53.4 Å². The fourth-order valence-corrected chi connectivity index (χ4v) is 2.49. The molecular formula is C17H34O2. The molecule has 0 fully saturated rings. The predicted octanol–water partition coefficient (Wildman–Crippen LogP) is 5.35. The molecule has 0 aliphatic carbocycles. The highest BCUT2D eigenvalue weighted by Gasteiger charge is 2.19. The summed E-state index contributed by atoms with van der Waals surface area (Å²) in [6, 6.07) is 0. The van der Waals surface area contributed by atoms with Crippen molar-refractivity contribution in [2.75, 3.05) is 0 Å².